The fourth-order valence-electron chi connectivity index (χ4n) is 4.74. The Balaban J connectivity index is 1.25. The monoisotopic (exact) mass is 558 g/mol. The number of aryl methyl sites for hydroxylation is 1. The Labute approximate surface area is 243 Å². The highest BCUT2D eigenvalue weighted by atomic mass is 35.5. The van der Waals surface area contributed by atoms with Crippen molar-refractivity contribution in [3.63, 3.8) is 0 Å². The minimum Gasteiger partial charge on any atom is -0.489 e. The van der Waals surface area contributed by atoms with Gasteiger partial charge in [-0.2, -0.15) is 5.10 Å². The SMILES string of the molecule is Cc1cc(NC(=O)c2cc(-c3ccccc3)nc3ccccc23)nn1Cc1cc(Cl)ccc1OCc1ccccc1. The molecule has 2 aromatic heterocycles. The molecule has 0 saturated heterocycles. The van der Waals surface area contributed by atoms with E-state index in [0.717, 1.165) is 44.7 Å². The maximum Gasteiger partial charge on any atom is 0.257 e. The fourth-order valence-corrected chi connectivity index (χ4v) is 4.94. The first-order valence-corrected chi connectivity index (χ1v) is 13.7. The van der Waals surface area contributed by atoms with E-state index in [1.165, 1.54) is 0 Å². The highest BCUT2D eigenvalue weighted by Gasteiger charge is 2.17. The van der Waals surface area contributed by atoms with Crippen molar-refractivity contribution in [2.45, 2.75) is 20.1 Å². The molecule has 0 saturated carbocycles. The summed E-state index contributed by atoms with van der Waals surface area (Å²) in [4.78, 5) is 18.4. The van der Waals surface area contributed by atoms with Gasteiger partial charge in [0.15, 0.2) is 5.82 Å². The van der Waals surface area contributed by atoms with Crippen molar-refractivity contribution in [1.82, 2.24) is 14.8 Å². The molecule has 6 rings (SSSR count). The summed E-state index contributed by atoms with van der Waals surface area (Å²) in [6.07, 6.45) is 0. The number of carbonyl (C=O) groups is 1. The van der Waals surface area contributed by atoms with E-state index < -0.39 is 0 Å². The molecule has 7 heteroatoms. The second-order valence-corrected chi connectivity index (χ2v) is 10.2. The van der Waals surface area contributed by atoms with Gasteiger partial charge in [-0.25, -0.2) is 4.98 Å². The molecule has 0 aliphatic rings. The van der Waals surface area contributed by atoms with Gasteiger partial charge in [-0.1, -0.05) is 90.5 Å². The fraction of sp³-hybridized carbons (Fsp3) is 0.0882. The quantitative estimate of drug-likeness (QED) is 0.206. The summed E-state index contributed by atoms with van der Waals surface area (Å²) in [6.45, 7) is 2.83. The predicted octanol–water partition coefficient (Wildman–Crippen LogP) is 7.94. The summed E-state index contributed by atoms with van der Waals surface area (Å²) in [6, 6.07) is 36.8. The molecule has 1 amide bonds. The topological polar surface area (TPSA) is 69.0 Å². The summed E-state index contributed by atoms with van der Waals surface area (Å²) in [7, 11) is 0. The Morgan fingerprint density at radius 3 is 2.41 bits per heavy atom. The zero-order valence-electron chi connectivity index (χ0n) is 22.4. The average Bonchev–Trinajstić information content (AvgIpc) is 3.34. The van der Waals surface area contributed by atoms with Gasteiger partial charge in [-0.05, 0) is 42.8 Å². The second-order valence-electron chi connectivity index (χ2n) is 9.75. The van der Waals surface area contributed by atoms with E-state index in [-0.39, 0.29) is 5.91 Å². The first-order valence-electron chi connectivity index (χ1n) is 13.3. The van der Waals surface area contributed by atoms with Crippen molar-refractivity contribution < 1.29 is 9.53 Å². The molecule has 0 radical (unpaired) electrons. The van der Waals surface area contributed by atoms with Gasteiger partial charge in [0.25, 0.3) is 5.91 Å². The molecule has 1 N–H and O–H groups in total. The Morgan fingerprint density at radius 1 is 0.878 bits per heavy atom. The highest BCUT2D eigenvalue weighted by molar-refractivity contribution is 6.30. The molecule has 0 aliphatic heterocycles. The zero-order valence-corrected chi connectivity index (χ0v) is 23.2. The van der Waals surface area contributed by atoms with Crippen LogP contribution in [0.3, 0.4) is 0 Å². The van der Waals surface area contributed by atoms with Crippen LogP contribution in [0, 0.1) is 6.92 Å². The van der Waals surface area contributed by atoms with Crippen molar-refractivity contribution in [1.29, 1.82) is 0 Å². The molecule has 6 nitrogen and oxygen atoms in total. The van der Waals surface area contributed by atoms with Crippen molar-refractivity contribution in [2.75, 3.05) is 5.32 Å². The lowest BCUT2D eigenvalue weighted by Gasteiger charge is -2.13. The number of rotatable bonds is 8. The van der Waals surface area contributed by atoms with Crippen LogP contribution in [0.1, 0.15) is 27.2 Å². The van der Waals surface area contributed by atoms with E-state index in [2.05, 4.69) is 5.32 Å². The maximum absolute atomic E-state index is 13.6. The van der Waals surface area contributed by atoms with Gasteiger partial charge in [-0.15, -0.1) is 0 Å². The summed E-state index contributed by atoms with van der Waals surface area (Å²) < 4.78 is 7.96. The van der Waals surface area contributed by atoms with Gasteiger partial charge in [0.05, 0.1) is 23.3 Å². The third-order valence-electron chi connectivity index (χ3n) is 6.83. The molecule has 0 fully saturated rings. The minimum absolute atomic E-state index is 0.250. The molecule has 202 valence electrons. The number of fused-ring (bicyclic) bond motifs is 1. The van der Waals surface area contributed by atoms with E-state index in [4.69, 9.17) is 26.4 Å². The van der Waals surface area contributed by atoms with E-state index in [9.17, 15) is 4.79 Å². The van der Waals surface area contributed by atoms with Crippen molar-refractivity contribution >= 4 is 34.2 Å². The molecule has 2 heterocycles. The van der Waals surface area contributed by atoms with Gasteiger partial charge >= 0.3 is 0 Å². The third-order valence-corrected chi connectivity index (χ3v) is 7.07. The van der Waals surface area contributed by atoms with Gasteiger partial charge in [0.1, 0.15) is 12.4 Å². The van der Waals surface area contributed by atoms with Crippen molar-refractivity contribution in [3.05, 3.63) is 143 Å². The lowest BCUT2D eigenvalue weighted by atomic mass is 10.0. The maximum atomic E-state index is 13.6. The number of halogens is 1. The molecule has 0 atom stereocenters. The Morgan fingerprint density at radius 2 is 1.61 bits per heavy atom. The molecular weight excluding hydrogens is 532 g/mol. The number of hydrogen-bond donors (Lipinski definition) is 1. The lowest BCUT2D eigenvalue weighted by Crippen LogP contribution is -2.14. The number of anilines is 1. The van der Waals surface area contributed by atoms with E-state index in [0.29, 0.717) is 29.6 Å². The zero-order chi connectivity index (χ0) is 28.2. The van der Waals surface area contributed by atoms with Crippen LogP contribution in [-0.2, 0) is 13.2 Å². The third kappa shape index (κ3) is 5.98. The number of pyridine rings is 1. The Kier molecular flexibility index (Phi) is 7.48. The largest absolute Gasteiger partial charge is 0.489 e. The number of nitrogens with zero attached hydrogens (tertiary/aromatic N) is 3. The summed E-state index contributed by atoms with van der Waals surface area (Å²) >= 11 is 6.34. The first-order chi connectivity index (χ1) is 20.0. The summed E-state index contributed by atoms with van der Waals surface area (Å²) in [5.41, 5.74) is 5.83. The van der Waals surface area contributed by atoms with Crippen molar-refractivity contribution in [2.24, 2.45) is 0 Å². The minimum atomic E-state index is -0.250. The predicted molar refractivity (Wildman–Crippen MR) is 163 cm³/mol. The number of para-hydroxylation sites is 1. The molecule has 4 aromatic carbocycles. The van der Waals surface area contributed by atoms with Gasteiger partial charge in [0, 0.05) is 33.3 Å². The van der Waals surface area contributed by atoms with Gasteiger partial charge < -0.3 is 10.1 Å². The number of ether oxygens (including phenoxy) is 1. The van der Waals surface area contributed by atoms with Crippen LogP contribution < -0.4 is 10.1 Å². The average molecular weight is 559 g/mol. The summed E-state index contributed by atoms with van der Waals surface area (Å²) in [5, 5.41) is 9.08. The van der Waals surface area contributed by atoms with E-state index in [1.807, 2.05) is 127 Å². The number of nitrogens with one attached hydrogen (secondary N) is 1. The van der Waals surface area contributed by atoms with Crippen LogP contribution in [0.2, 0.25) is 5.02 Å². The Bertz CT molecular complexity index is 1840. The lowest BCUT2D eigenvalue weighted by molar-refractivity contribution is 0.102. The van der Waals surface area contributed by atoms with Gasteiger partial charge in [-0.3, -0.25) is 9.48 Å². The first kappa shape index (κ1) is 26.3. The molecule has 0 aliphatic carbocycles. The number of carbonyl (C=O) groups excluding carboxylic acids is 1. The number of amides is 1. The van der Waals surface area contributed by atoms with Crippen LogP contribution in [0.4, 0.5) is 5.82 Å². The van der Waals surface area contributed by atoms with Crippen LogP contribution >= 0.6 is 11.6 Å². The van der Waals surface area contributed by atoms with Crippen LogP contribution in [0.25, 0.3) is 22.2 Å². The number of hydrogen-bond acceptors (Lipinski definition) is 4. The smallest absolute Gasteiger partial charge is 0.257 e. The van der Waals surface area contributed by atoms with E-state index in [1.54, 1.807) is 0 Å². The van der Waals surface area contributed by atoms with Crippen LogP contribution in [0.5, 0.6) is 5.75 Å². The van der Waals surface area contributed by atoms with Crippen molar-refractivity contribution in [3.8, 4) is 17.0 Å². The summed E-state index contributed by atoms with van der Waals surface area (Å²) in [5.74, 6) is 0.943. The standard InChI is InChI=1S/C34H27ClN4O2/c1-23-18-33(38-39(23)21-26-19-27(35)16-17-32(26)41-22-24-10-4-2-5-11-24)37-34(40)29-20-31(25-12-6-3-7-13-25)36-30-15-9-8-14-28(29)30/h2-20H,21-22H2,1H3,(H,37,38,40). The van der Waals surface area contributed by atoms with E-state index >= 15 is 0 Å². The molecule has 0 unspecified atom stereocenters. The van der Waals surface area contributed by atoms with Crippen LogP contribution in [-0.4, -0.2) is 20.7 Å². The molecule has 0 bridgehead atoms. The van der Waals surface area contributed by atoms with Gasteiger partial charge in [0.2, 0.25) is 0 Å². The molecular formula is C34H27ClN4O2. The van der Waals surface area contributed by atoms with Crippen LogP contribution in [0.15, 0.2) is 115 Å². The normalized spacial score (nSPS) is 11.0. The highest BCUT2D eigenvalue weighted by Crippen LogP contribution is 2.27. The number of benzene rings is 4. The second kappa shape index (κ2) is 11.7. The Hall–Kier alpha value is -4.94. The number of aromatic nitrogens is 3. The molecule has 6 aromatic rings. The molecule has 0 spiro atoms. The molecule has 41 heavy (non-hydrogen) atoms.